The average molecular weight is 275 g/mol. The highest BCUT2D eigenvalue weighted by atomic mass is 15.3. The van der Waals surface area contributed by atoms with Gasteiger partial charge in [0.2, 0.25) is 0 Å². The average Bonchev–Trinajstić information content (AvgIpc) is 3.06. The Kier molecular flexibility index (Phi) is 5.35. The molecule has 1 N–H and O–H groups in total. The van der Waals surface area contributed by atoms with Crippen LogP contribution in [0.2, 0.25) is 0 Å². The van der Waals surface area contributed by atoms with E-state index in [-0.39, 0.29) is 0 Å². The Labute approximate surface area is 121 Å². The minimum absolute atomic E-state index is 0.525. The molecule has 0 aliphatic rings. The van der Waals surface area contributed by atoms with E-state index in [0.29, 0.717) is 6.04 Å². The van der Waals surface area contributed by atoms with Crippen LogP contribution in [0.3, 0.4) is 0 Å². The first-order valence-corrected chi connectivity index (χ1v) is 7.46. The van der Waals surface area contributed by atoms with Gasteiger partial charge in [0.05, 0.1) is 17.4 Å². The first-order chi connectivity index (χ1) is 9.72. The van der Waals surface area contributed by atoms with Crippen LogP contribution in [0.1, 0.15) is 44.1 Å². The van der Waals surface area contributed by atoms with Crippen LogP contribution in [-0.4, -0.2) is 26.1 Å². The van der Waals surface area contributed by atoms with Gasteiger partial charge < -0.3 is 5.32 Å². The third kappa shape index (κ3) is 3.93. The molecular formula is C15H25N5. The maximum atomic E-state index is 4.64. The molecule has 0 unspecified atom stereocenters. The van der Waals surface area contributed by atoms with Crippen molar-refractivity contribution in [2.24, 2.45) is 7.05 Å². The summed E-state index contributed by atoms with van der Waals surface area (Å²) < 4.78 is 3.93. The largest absolute Gasteiger partial charge is 0.311 e. The van der Waals surface area contributed by atoms with Gasteiger partial charge >= 0.3 is 0 Å². The second kappa shape index (κ2) is 7.24. The number of hydrogen-bond donors (Lipinski definition) is 1. The molecule has 0 saturated heterocycles. The van der Waals surface area contributed by atoms with E-state index >= 15 is 0 Å². The lowest BCUT2D eigenvalue weighted by molar-refractivity contribution is 0.424. The fourth-order valence-electron chi connectivity index (χ4n) is 2.37. The number of hydrogen-bond acceptors (Lipinski definition) is 3. The maximum absolute atomic E-state index is 4.64. The summed E-state index contributed by atoms with van der Waals surface area (Å²) >= 11 is 0. The zero-order valence-electron chi connectivity index (χ0n) is 12.7. The van der Waals surface area contributed by atoms with Gasteiger partial charge in [0.15, 0.2) is 0 Å². The smallest absolute Gasteiger partial charge is 0.0762 e. The molecule has 0 aliphatic carbocycles. The maximum Gasteiger partial charge on any atom is 0.0762 e. The van der Waals surface area contributed by atoms with Gasteiger partial charge in [0.1, 0.15) is 0 Å². The molecule has 5 nitrogen and oxygen atoms in total. The quantitative estimate of drug-likeness (QED) is 0.752. The molecule has 0 amide bonds. The van der Waals surface area contributed by atoms with Crippen LogP contribution in [0, 0.1) is 0 Å². The fourth-order valence-corrected chi connectivity index (χ4v) is 2.37. The molecule has 0 fully saturated rings. The number of nitrogens with zero attached hydrogens (tertiary/aromatic N) is 4. The van der Waals surface area contributed by atoms with Crippen molar-refractivity contribution in [3.8, 4) is 0 Å². The van der Waals surface area contributed by atoms with Crippen LogP contribution in [0.15, 0.2) is 24.5 Å². The van der Waals surface area contributed by atoms with Crippen molar-refractivity contribution < 1.29 is 0 Å². The molecule has 0 spiro atoms. The van der Waals surface area contributed by atoms with E-state index in [1.807, 2.05) is 17.9 Å². The van der Waals surface area contributed by atoms with Crippen molar-refractivity contribution in [1.29, 1.82) is 0 Å². The van der Waals surface area contributed by atoms with Crippen LogP contribution >= 0.6 is 0 Å². The van der Waals surface area contributed by atoms with E-state index in [4.69, 9.17) is 0 Å². The Balaban J connectivity index is 1.74. The first-order valence-electron chi connectivity index (χ1n) is 7.46. The van der Waals surface area contributed by atoms with Crippen molar-refractivity contribution in [3.63, 3.8) is 0 Å². The molecule has 5 heteroatoms. The molecule has 2 aromatic heterocycles. The molecule has 2 heterocycles. The van der Waals surface area contributed by atoms with E-state index in [9.17, 15) is 0 Å². The van der Waals surface area contributed by atoms with Gasteiger partial charge in [-0.3, -0.25) is 9.36 Å². The lowest BCUT2D eigenvalue weighted by Gasteiger charge is -2.12. The lowest BCUT2D eigenvalue weighted by Crippen LogP contribution is -2.18. The van der Waals surface area contributed by atoms with Gasteiger partial charge in [0, 0.05) is 39.0 Å². The topological polar surface area (TPSA) is 47.7 Å². The molecule has 20 heavy (non-hydrogen) atoms. The Morgan fingerprint density at radius 1 is 1.10 bits per heavy atom. The summed E-state index contributed by atoms with van der Waals surface area (Å²) in [5.74, 6) is 0. The summed E-state index contributed by atoms with van der Waals surface area (Å²) in [6.45, 7) is 6.16. The summed E-state index contributed by atoms with van der Waals surface area (Å²) in [5.41, 5.74) is 2.24. The minimum Gasteiger partial charge on any atom is -0.311 e. The van der Waals surface area contributed by atoms with Crippen molar-refractivity contribution in [1.82, 2.24) is 24.9 Å². The zero-order valence-corrected chi connectivity index (χ0v) is 12.7. The van der Waals surface area contributed by atoms with Crippen molar-refractivity contribution in [3.05, 3.63) is 35.9 Å². The lowest BCUT2D eigenvalue weighted by atomic mass is 10.2. The Morgan fingerprint density at radius 2 is 1.85 bits per heavy atom. The third-order valence-corrected chi connectivity index (χ3v) is 3.61. The molecule has 0 radical (unpaired) electrons. The number of nitrogens with one attached hydrogen (secondary N) is 1. The molecule has 0 atom stereocenters. The molecule has 110 valence electrons. The van der Waals surface area contributed by atoms with Crippen LogP contribution in [0.4, 0.5) is 0 Å². The van der Waals surface area contributed by atoms with E-state index in [2.05, 4.69) is 52.4 Å². The third-order valence-electron chi connectivity index (χ3n) is 3.61. The standard InChI is InChI=1S/C15H25N5/c1-4-15(5-2)20-11-8-14(18-20)12-16-9-6-13-7-10-19(3)17-13/h7-8,10-11,15-16H,4-6,9,12H2,1-3H3. The summed E-state index contributed by atoms with van der Waals surface area (Å²) in [7, 11) is 1.95. The predicted octanol–water partition coefficient (Wildman–Crippen LogP) is 2.31. The van der Waals surface area contributed by atoms with Gasteiger partial charge in [-0.15, -0.1) is 0 Å². The SMILES string of the molecule is CCC(CC)n1ccc(CNCCc2ccn(C)n2)n1. The molecule has 2 rings (SSSR count). The highest BCUT2D eigenvalue weighted by Crippen LogP contribution is 2.14. The van der Waals surface area contributed by atoms with E-state index in [1.165, 1.54) is 0 Å². The predicted molar refractivity (Wildman–Crippen MR) is 80.5 cm³/mol. The van der Waals surface area contributed by atoms with Crippen molar-refractivity contribution in [2.45, 2.75) is 45.7 Å². The first kappa shape index (κ1) is 14.8. The van der Waals surface area contributed by atoms with Gasteiger partial charge in [-0.25, -0.2) is 0 Å². The Morgan fingerprint density at radius 3 is 2.50 bits per heavy atom. The van der Waals surface area contributed by atoms with Crippen LogP contribution in [0.25, 0.3) is 0 Å². The highest BCUT2D eigenvalue weighted by Gasteiger charge is 2.07. The molecule has 0 aromatic carbocycles. The zero-order chi connectivity index (χ0) is 14.4. The fraction of sp³-hybridized carbons (Fsp3) is 0.600. The Bertz CT molecular complexity index is 510. The van der Waals surface area contributed by atoms with Gasteiger partial charge in [0.25, 0.3) is 0 Å². The Hall–Kier alpha value is -1.62. The number of aromatic nitrogens is 4. The van der Waals surface area contributed by atoms with Crippen LogP contribution in [0.5, 0.6) is 0 Å². The normalized spacial score (nSPS) is 11.4. The van der Waals surface area contributed by atoms with Gasteiger partial charge in [-0.2, -0.15) is 10.2 Å². The van der Waals surface area contributed by atoms with E-state index < -0.39 is 0 Å². The minimum atomic E-state index is 0.525. The van der Waals surface area contributed by atoms with Gasteiger partial charge in [-0.1, -0.05) is 13.8 Å². The number of rotatable bonds is 8. The monoisotopic (exact) mass is 275 g/mol. The molecule has 0 bridgehead atoms. The summed E-state index contributed by atoms with van der Waals surface area (Å²) in [5, 5.41) is 12.4. The summed E-state index contributed by atoms with van der Waals surface area (Å²) in [6.07, 6.45) is 7.28. The molecule has 2 aromatic rings. The molecular weight excluding hydrogens is 250 g/mol. The summed E-state index contributed by atoms with van der Waals surface area (Å²) in [4.78, 5) is 0. The van der Waals surface area contributed by atoms with Crippen molar-refractivity contribution >= 4 is 0 Å². The van der Waals surface area contributed by atoms with Gasteiger partial charge in [-0.05, 0) is 25.0 Å². The van der Waals surface area contributed by atoms with Crippen LogP contribution < -0.4 is 5.32 Å². The van der Waals surface area contributed by atoms with E-state index in [0.717, 1.165) is 43.7 Å². The second-order valence-electron chi connectivity index (χ2n) is 5.16. The highest BCUT2D eigenvalue weighted by molar-refractivity contribution is 5.01. The van der Waals surface area contributed by atoms with Crippen LogP contribution in [-0.2, 0) is 20.0 Å². The summed E-state index contributed by atoms with van der Waals surface area (Å²) in [6, 6.07) is 4.69. The molecule has 0 aliphatic heterocycles. The number of aryl methyl sites for hydroxylation is 1. The van der Waals surface area contributed by atoms with E-state index in [1.54, 1.807) is 0 Å². The second-order valence-corrected chi connectivity index (χ2v) is 5.16. The van der Waals surface area contributed by atoms with Crippen molar-refractivity contribution in [2.75, 3.05) is 6.54 Å². The molecule has 0 saturated carbocycles.